The van der Waals surface area contributed by atoms with Crippen molar-refractivity contribution < 1.29 is 0 Å². The Bertz CT molecular complexity index is 498. The SMILES string of the molecule is CCC(CC)NCc1csc(-c2ccc(C)cc2)n1. The maximum atomic E-state index is 4.71. The quantitative estimate of drug-likeness (QED) is 0.844. The molecule has 0 saturated carbocycles. The van der Waals surface area contributed by atoms with Crippen molar-refractivity contribution in [3.63, 3.8) is 0 Å². The van der Waals surface area contributed by atoms with Gasteiger partial charge < -0.3 is 5.32 Å². The molecule has 0 spiro atoms. The van der Waals surface area contributed by atoms with E-state index < -0.39 is 0 Å². The van der Waals surface area contributed by atoms with Gasteiger partial charge in [-0.3, -0.25) is 0 Å². The van der Waals surface area contributed by atoms with Crippen molar-refractivity contribution in [2.45, 2.75) is 46.2 Å². The van der Waals surface area contributed by atoms with Gasteiger partial charge in [0.1, 0.15) is 5.01 Å². The lowest BCUT2D eigenvalue weighted by Gasteiger charge is -2.13. The zero-order valence-electron chi connectivity index (χ0n) is 11.9. The molecule has 0 unspecified atom stereocenters. The molecule has 0 aliphatic heterocycles. The number of nitrogens with one attached hydrogen (secondary N) is 1. The minimum absolute atomic E-state index is 0.601. The van der Waals surface area contributed by atoms with Gasteiger partial charge in [-0.05, 0) is 19.8 Å². The molecule has 0 aliphatic carbocycles. The molecule has 0 saturated heterocycles. The third-order valence-electron chi connectivity index (χ3n) is 3.41. The van der Waals surface area contributed by atoms with Gasteiger partial charge in [0.05, 0.1) is 5.69 Å². The lowest BCUT2D eigenvalue weighted by Crippen LogP contribution is -2.27. The molecule has 0 radical (unpaired) electrons. The van der Waals surface area contributed by atoms with Gasteiger partial charge in [-0.2, -0.15) is 0 Å². The summed E-state index contributed by atoms with van der Waals surface area (Å²) >= 11 is 1.72. The number of rotatable bonds is 6. The Morgan fingerprint density at radius 1 is 1.16 bits per heavy atom. The van der Waals surface area contributed by atoms with Gasteiger partial charge in [0, 0.05) is 23.5 Å². The van der Waals surface area contributed by atoms with Crippen LogP contribution in [0, 0.1) is 6.92 Å². The van der Waals surface area contributed by atoms with E-state index in [9.17, 15) is 0 Å². The summed E-state index contributed by atoms with van der Waals surface area (Å²) in [6, 6.07) is 9.17. The predicted molar refractivity (Wildman–Crippen MR) is 83.5 cm³/mol. The Morgan fingerprint density at radius 3 is 2.47 bits per heavy atom. The second-order valence-corrected chi connectivity index (χ2v) is 5.76. The Kier molecular flexibility index (Phi) is 5.11. The normalized spacial score (nSPS) is 11.2. The highest BCUT2D eigenvalue weighted by molar-refractivity contribution is 7.13. The largest absolute Gasteiger partial charge is 0.308 e. The minimum atomic E-state index is 0.601. The van der Waals surface area contributed by atoms with Crippen molar-refractivity contribution >= 4 is 11.3 Å². The van der Waals surface area contributed by atoms with Crippen molar-refractivity contribution in [2.24, 2.45) is 0 Å². The first-order valence-corrected chi connectivity index (χ1v) is 7.85. The van der Waals surface area contributed by atoms with Crippen molar-refractivity contribution in [3.8, 4) is 10.6 Å². The molecular weight excluding hydrogens is 252 g/mol. The van der Waals surface area contributed by atoms with Crippen LogP contribution in [0.15, 0.2) is 29.6 Å². The minimum Gasteiger partial charge on any atom is -0.308 e. The molecule has 2 aromatic rings. The fraction of sp³-hybridized carbons (Fsp3) is 0.438. The summed E-state index contributed by atoms with van der Waals surface area (Å²) in [5.41, 5.74) is 3.65. The van der Waals surface area contributed by atoms with Gasteiger partial charge in [0.15, 0.2) is 0 Å². The van der Waals surface area contributed by atoms with E-state index in [2.05, 4.69) is 55.7 Å². The number of benzene rings is 1. The molecule has 102 valence electrons. The van der Waals surface area contributed by atoms with E-state index in [1.54, 1.807) is 11.3 Å². The molecule has 0 atom stereocenters. The molecule has 19 heavy (non-hydrogen) atoms. The summed E-state index contributed by atoms with van der Waals surface area (Å²) < 4.78 is 0. The number of aromatic nitrogens is 1. The maximum absolute atomic E-state index is 4.71. The number of thiazole rings is 1. The number of aryl methyl sites for hydroxylation is 1. The van der Waals surface area contributed by atoms with Crippen molar-refractivity contribution in [2.75, 3.05) is 0 Å². The van der Waals surface area contributed by atoms with E-state index in [-0.39, 0.29) is 0 Å². The molecule has 1 aromatic carbocycles. The molecular formula is C16H22N2S. The van der Waals surface area contributed by atoms with Gasteiger partial charge in [-0.25, -0.2) is 4.98 Å². The summed E-state index contributed by atoms with van der Waals surface area (Å²) in [7, 11) is 0. The Balaban J connectivity index is 2.01. The van der Waals surface area contributed by atoms with Crippen LogP contribution in [0.2, 0.25) is 0 Å². The molecule has 0 fully saturated rings. The van der Waals surface area contributed by atoms with Crippen LogP contribution in [0.5, 0.6) is 0 Å². The zero-order valence-corrected chi connectivity index (χ0v) is 12.8. The van der Waals surface area contributed by atoms with Gasteiger partial charge in [0.2, 0.25) is 0 Å². The highest BCUT2D eigenvalue weighted by atomic mass is 32.1. The number of hydrogen-bond donors (Lipinski definition) is 1. The van der Waals surface area contributed by atoms with E-state index in [0.29, 0.717) is 6.04 Å². The Hall–Kier alpha value is -1.19. The van der Waals surface area contributed by atoms with Gasteiger partial charge >= 0.3 is 0 Å². The van der Waals surface area contributed by atoms with Crippen LogP contribution in [0.1, 0.15) is 37.9 Å². The second-order valence-electron chi connectivity index (χ2n) is 4.90. The van der Waals surface area contributed by atoms with Crippen LogP contribution in [0.3, 0.4) is 0 Å². The van der Waals surface area contributed by atoms with Crippen LogP contribution in [-0.2, 0) is 6.54 Å². The van der Waals surface area contributed by atoms with E-state index in [4.69, 9.17) is 4.98 Å². The Labute approximate surface area is 119 Å². The topological polar surface area (TPSA) is 24.9 Å². The predicted octanol–water partition coefficient (Wildman–Crippen LogP) is 4.40. The summed E-state index contributed by atoms with van der Waals surface area (Å²) in [6.45, 7) is 7.42. The maximum Gasteiger partial charge on any atom is 0.123 e. The molecule has 2 rings (SSSR count). The second kappa shape index (κ2) is 6.83. The van der Waals surface area contributed by atoms with Crippen LogP contribution in [0.25, 0.3) is 10.6 Å². The number of nitrogens with zero attached hydrogens (tertiary/aromatic N) is 1. The molecule has 1 N–H and O–H groups in total. The van der Waals surface area contributed by atoms with Crippen LogP contribution >= 0.6 is 11.3 Å². The standard InChI is InChI=1S/C16H22N2S/c1-4-14(5-2)17-10-15-11-19-16(18-15)13-8-6-12(3)7-9-13/h6-9,11,14,17H,4-5,10H2,1-3H3. The highest BCUT2D eigenvalue weighted by Gasteiger charge is 2.06. The summed E-state index contributed by atoms with van der Waals surface area (Å²) in [4.78, 5) is 4.71. The monoisotopic (exact) mass is 274 g/mol. The Morgan fingerprint density at radius 2 is 1.84 bits per heavy atom. The van der Waals surface area contributed by atoms with Crippen LogP contribution < -0.4 is 5.32 Å². The molecule has 0 aliphatic rings. The fourth-order valence-electron chi connectivity index (χ4n) is 2.04. The smallest absolute Gasteiger partial charge is 0.123 e. The van der Waals surface area contributed by atoms with E-state index >= 15 is 0 Å². The highest BCUT2D eigenvalue weighted by Crippen LogP contribution is 2.24. The van der Waals surface area contributed by atoms with Gasteiger partial charge in [0.25, 0.3) is 0 Å². The fourth-order valence-corrected chi connectivity index (χ4v) is 2.87. The molecule has 1 aromatic heterocycles. The lowest BCUT2D eigenvalue weighted by atomic mass is 10.1. The number of hydrogen-bond acceptors (Lipinski definition) is 3. The summed E-state index contributed by atoms with van der Waals surface area (Å²) in [5, 5.41) is 6.82. The molecule has 0 amide bonds. The molecule has 0 bridgehead atoms. The average molecular weight is 274 g/mol. The summed E-state index contributed by atoms with van der Waals surface area (Å²) in [6.07, 6.45) is 2.34. The van der Waals surface area contributed by atoms with Crippen molar-refractivity contribution in [1.29, 1.82) is 0 Å². The van der Waals surface area contributed by atoms with Gasteiger partial charge in [-0.15, -0.1) is 11.3 Å². The van der Waals surface area contributed by atoms with E-state index in [0.717, 1.165) is 17.2 Å². The summed E-state index contributed by atoms with van der Waals surface area (Å²) in [5.74, 6) is 0. The van der Waals surface area contributed by atoms with Crippen molar-refractivity contribution in [3.05, 3.63) is 40.9 Å². The average Bonchev–Trinajstić information content (AvgIpc) is 2.89. The lowest BCUT2D eigenvalue weighted by molar-refractivity contribution is 0.481. The first-order valence-electron chi connectivity index (χ1n) is 6.97. The third-order valence-corrected chi connectivity index (χ3v) is 4.35. The first-order chi connectivity index (χ1) is 9.22. The van der Waals surface area contributed by atoms with Crippen LogP contribution in [-0.4, -0.2) is 11.0 Å². The van der Waals surface area contributed by atoms with Gasteiger partial charge in [-0.1, -0.05) is 43.7 Å². The first kappa shape index (κ1) is 14.2. The van der Waals surface area contributed by atoms with Crippen molar-refractivity contribution in [1.82, 2.24) is 10.3 Å². The molecule has 1 heterocycles. The van der Waals surface area contributed by atoms with E-state index in [1.165, 1.54) is 24.0 Å². The van der Waals surface area contributed by atoms with Crippen LogP contribution in [0.4, 0.5) is 0 Å². The van der Waals surface area contributed by atoms with E-state index in [1.807, 2.05) is 0 Å². The molecule has 3 heteroatoms. The zero-order chi connectivity index (χ0) is 13.7. The molecule has 2 nitrogen and oxygen atoms in total. The third kappa shape index (κ3) is 3.88.